The van der Waals surface area contributed by atoms with E-state index >= 15 is 0 Å². The van der Waals surface area contributed by atoms with Crippen LogP contribution in [0.2, 0.25) is 0 Å². The van der Waals surface area contributed by atoms with Gasteiger partial charge in [-0.25, -0.2) is 4.39 Å². The van der Waals surface area contributed by atoms with Crippen LogP contribution >= 0.6 is 0 Å². The average molecular weight is 300 g/mol. The molecule has 4 rings (SSSR count). The van der Waals surface area contributed by atoms with E-state index in [1.165, 1.54) is 17.0 Å². The Kier molecular flexibility index (Phi) is 2.69. The normalized spacial score (nSPS) is 23.8. The van der Waals surface area contributed by atoms with Gasteiger partial charge in [0.05, 0.1) is 11.3 Å². The van der Waals surface area contributed by atoms with Crippen LogP contribution in [0.15, 0.2) is 23.8 Å². The summed E-state index contributed by atoms with van der Waals surface area (Å²) in [5.41, 5.74) is 2.81. The topological polar surface area (TPSA) is 66.5 Å². The molecule has 1 atom stereocenters. The van der Waals surface area contributed by atoms with E-state index in [-0.39, 0.29) is 18.2 Å². The first-order valence-corrected chi connectivity index (χ1v) is 7.25. The van der Waals surface area contributed by atoms with Crippen LogP contribution in [0.4, 0.5) is 4.39 Å². The van der Waals surface area contributed by atoms with Gasteiger partial charge in [-0.1, -0.05) is 0 Å². The number of nitrogens with one attached hydrogen (secondary N) is 1. The van der Waals surface area contributed by atoms with Gasteiger partial charge in [-0.3, -0.25) is 24.6 Å². The Morgan fingerprint density at radius 2 is 1.86 bits per heavy atom. The van der Waals surface area contributed by atoms with Crippen LogP contribution in [0.25, 0.3) is 5.70 Å². The van der Waals surface area contributed by atoms with Gasteiger partial charge in [-0.05, 0) is 43.0 Å². The van der Waals surface area contributed by atoms with Gasteiger partial charge in [-0.2, -0.15) is 0 Å². The van der Waals surface area contributed by atoms with Gasteiger partial charge in [0.15, 0.2) is 0 Å². The van der Waals surface area contributed by atoms with Gasteiger partial charge in [0.25, 0.3) is 5.91 Å². The van der Waals surface area contributed by atoms with Crippen molar-refractivity contribution >= 4 is 23.4 Å². The highest BCUT2D eigenvalue weighted by molar-refractivity contribution is 6.13. The van der Waals surface area contributed by atoms with Crippen LogP contribution in [0.1, 0.15) is 41.6 Å². The second-order valence-electron chi connectivity index (χ2n) is 5.78. The lowest BCUT2D eigenvalue weighted by Gasteiger charge is -2.30. The Hall–Kier alpha value is -2.50. The van der Waals surface area contributed by atoms with Gasteiger partial charge >= 0.3 is 0 Å². The van der Waals surface area contributed by atoms with E-state index in [0.29, 0.717) is 17.5 Å². The van der Waals surface area contributed by atoms with Crippen molar-refractivity contribution in [1.29, 1.82) is 0 Å². The number of carbonyl (C=O) groups is 3. The predicted molar refractivity (Wildman–Crippen MR) is 74.9 cm³/mol. The molecule has 1 saturated heterocycles. The number of benzene rings is 1. The molecule has 1 unspecified atom stereocenters. The van der Waals surface area contributed by atoms with Crippen molar-refractivity contribution < 1.29 is 18.8 Å². The molecule has 0 bridgehead atoms. The molecule has 6 heteroatoms. The number of piperidine rings is 1. The smallest absolute Gasteiger partial charge is 0.259 e. The number of amides is 3. The van der Waals surface area contributed by atoms with Gasteiger partial charge in [0.2, 0.25) is 11.8 Å². The van der Waals surface area contributed by atoms with Gasteiger partial charge in [0.1, 0.15) is 11.9 Å². The molecule has 2 heterocycles. The van der Waals surface area contributed by atoms with Crippen LogP contribution in [0.5, 0.6) is 0 Å². The highest BCUT2D eigenvalue weighted by Gasteiger charge is 2.44. The van der Waals surface area contributed by atoms with E-state index in [1.807, 2.05) is 0 Å². The third-order valence-corrected chi connectivity index (χ3v) is 4.28. The summed E-state index contributed by atoms with van der Waals surface area (Å²) in [5, 5.41) is 2.28. The van der Waals surface area contributed by atoms with Crippen LogP contribution < -0.4 is 5.32 Å². The first-order chi connectivity index (χ1) is 10.6. The molecule has 112 valence electrons. The zero-order valence-corrected chi connectivity index (χ0v) is 11.7. The first-order valence-electron chi connectivity index (χ1n) is 7.25. The van der Waals surface area contributed by atoms with Crippen molar-refractivity contribution in [2.75, 3.05) is 0 Å². The molecule has 5 nitrogen and oxygen atoms in total. The lowest BCUT2D eigenvalue weighted by atomic mass is 10.0. The molecule has 1 saturated carbocycles. The zero-order valence-electron chi connectivity index (χ0n) is 11.7. The molecule has 1 aromatic rings. The Morgan fingerprint density at radius 3 is 2.55 bits per heavy atom. The minimum atomic E-state index is -0.705. The number of hydrogen-bond acceptors (Lipinski definition) is 3. The summed E-state index contributed by atoms with van der Waals surface area (Å²) in [7, 11) is 0. The highest BCUT2D eigenvalue weighted by Crippen LogP contribution is 2.45. The fraction of sp³-hybridized carbons (Fsp3) is 0.312. The molecule has 0 aromatic heterocycles. The quantitative estimate of drug-likeness (QED) is 0.801. The molecule has 2 aliphatic heterocycles. The van der Waals surface area contributed by atoms with Crippen LogP contribution in [-0.2, 0) is 9.59 Å². The van der Waals surface area contributed by atoms with Crippen molar-refractivity contribution in [3.63, 3.8) is 0 Å². The maximum absolute atomic E-state index is 13.5. The van der Waals surface area contributed by atoms with Crippen molar-refractivity contribution in [3.05, 3.63) is 40.7 Å². The predicted octanol–water partition coefficient (Wildman–Crippen LogP) is 1.59. The highest BCUT2D eigenvalue weighted by atomic mass is 19.1. The summed E-state index contributed by atoms with van der Waals surface area (Å²) >= 11 is 0. The standard InChI is InChI=1S/C16H13FN2O3/c17-9-3-4-10-11(7-9)16(22)19(14(10)8-1-2-8)12-5-6-13(20)18-15(12)21/h3-4,7,12H,1-2,5-6H2,(H,18,20,21). The Labute approximate surface area is 125 Å². The fourth-order valence-corrected chi connectivity index (χ4v) is 3.15. The molecule has 3 aliphatic rings. The summed E-state index contributed by atoms with van der Waals surface area (Å²) < 4.78 is 13.5. The monoisotopic (exact) mass is 300 g/mol. The minimum Gasteiger partial charge on any atom is -0.295 e. The number of hydrogen-bond donors (Lipinski definition) is 1. The number of allylic oxidation sites excluding steroid dienone is 1. The van der Waals surface area contributed by atoms with Crippen molar-refractivity contribution in [2.24, 2.45) is 0 Å². The number of nitrogens with zero attached hydrogens (tertiary/aromatic N) is 1. The number of halogens is 1. The molecule has 1 aromatic carbocycles. The third kappa shape index (κ3) is 1.87. The average Bonchev–Trinajstić information content (AvgIpc) is 3.26. The fourth-order valence-electron chi connectivity index (χ4n) is 3.15. The zero-order chi connectivity index (χ0) is 15.4. The van der Waals surface area contributed by atoms with Gasteiger partial charge < -0.3 is 0 Å². The van der Waals surface area contributed by atoms with Crippen LogP contribution in [0, 0.1) is 5.82 Å². The first kappa shape index (κ1) is 13.2. The molecule has 0 radical (unpaired) electrons. The van der Waals surface area contributed by atoms with Crippen molar-refractivity contribution in [3.8, 4) is 0 Å². The van der Waals surface area contributed by atoms with Crippen molar-refractivity contribution in [1.82, 2.24) is 10.2 Å². The molecule has 22 heavy (non-hydrogen) atoms. The molecule has 1 aliphatic carbocycles. The van der Waals surface area contributed by atoms with Crippen LogP contribution in [0.3, 0.4) is 0 Å². The van der Waals surface area contributed by atoms with Crippen molar-refractivity contribution in [2.45, 2.75) is 31.7 Å². The van der Waals surface area contributed by atoms with E-state index in [2.05, 4.69) is 5.32 Å². The maximum atomic E-state index is 13.5. The summed E-state index contributed by atoms with van der Waals surface area (Å²) in [6.45, 7) is 0. The number of fused-ring (bicyclic) bond motifs is 1. The second kappa shape index (κ2) is 4.50. The lowest BCUT2D eigenvalue weighted by Crippen LogP contribution is -2.52. The molecule has 1 N–H and O–H groups in total. The molecular formula is C16H13FN2O3. The second-order valence-corrected chi connectivity index (χ2v) is 5.78. The lowest BCUT2D eigenvalue weighted by molar-refractivity contribution is -0.136. The summed E-state index contributed by atoms with van der Waals surface area (Å²) in [6.07, 6.45) is 2.25. The minimum absolute atomic E-state index is 0.202. The van der Waals surface area contributed by atoms with E-state index in [0.717, 1.165) is 24.1 Å². The largest absolute Gasteiger partial charge is 0.295 e. The molecular weight excluding hydrogens is 287 g/mol. The number of imide groups is 1. The SMILES string of the molecule is O=C1CCC(N2C(=O)c3cc(F)ccc3C2=C2CC2)C(=O)N1. The third-order valence-electron chi connectivity index (χ3n) is 4.28. The molecule has 3 amide bonds. The van der Waals surface area contributed by atoms with Crippen LogP contribution in [-0.4, -0.2) is 28.7 Å². The van der Waals surface area contributed by atoms with E-state index in [4.69, 9.17) is 0 Å². The summed E-state index contributed by atoms with van der Waals surface area (Å²) in [4.78, 5) is 37.6. The summed E-state index contributed by atoms with van der Waals surface area (Å²) in [6, 6.07) is 3.42. The van der Waals surface area contributed by atoms with Gasteiger partial charge in [0, 0.05) is 12.0 Å². The Morgan fingerprint density at radius 1 is 1.09 bits per heavy atom. The van der Waals surface area contributed by atoms with E-state index in [1.54, 1.807) is 6.07 Å². The van der Waals surface area contributed by atoms with E-state index in [9.17, 15) is 18.8 Å². The van der Waals surface area contributed by atoms with Gasteiger partial charge in [-0.15, -0.1) is 0 Å². The van der Waals surface area contributed by atoms with E-state index < -0.39 is 17.8 Å². The Bertz CT molecular complexity index is 763. The summed E-state index contributed by atoms with van der Waals surface area (Å²) in [5.74, 6) is -1.62. The molecule has 2 fully saturated rings. The Balaban J connectivity index is 1.81. The number of rotatable bonds is 1. The maximum Gasteiger partial charge on any atom is 0.259 e. The number of carbonyl (C=O) groups excluding carboxylic acids is 3. The molecule has 0 spiro atoms.